The van der Waals surface area contributed by atoms with Crippen LogP contribution < -0.4 is 4.74 Å². The highest BCUT2D eigenvalue weighted by atomic mass is 35.5. The van der Waals surface area contributed by atoms with Crippen molar-refractivity contribution in [3.05, 3.63) is 41.4 Å². The topological polar surface area (TPSA) is 61.8 Å². The molecular weight excluding hydrogens is 344 g/mol. The van der Waals surface area contributed by atoms with Gasteiger partial charge in [-0.15, -0.1) is 6.58 Å². The van der Waals surface area contributed by atoms with Gasteiger partial charge in [-0.3, -0.25) is 9.59 Å². The summed E-state index contributed by atoms with van der Waals surface area (Å²) in [6, 6.07) is 5.39. The Morgan fingerprint density at radius 3 is 2.40 bits per heavy atom. The van der Waals surface area contributed by atoms with Crippen molar-refractivity contribution >= 4 is 23.5 Å². The number of ether oxygens (including phenoxy) is 3. The molecule has 0 aliphatic rings. The minimum absolute atomic E-state index is 0.223. The number of hydrogen-bond acceptors (Lipinski definition) is 5. The molecule has 5 nitrogen and oxygen atoms in total. The third kappa shape index (κ3) is 7.18. The molecule has 0 aliphatic heterocycles. The number of carbonyl (C=O) groups excluding carboxylic acids is 2. The van der Waals surface area contributed by atoms with Crippen molar-refractivity contribution in [2.75, 3.05) is 19.8 Å². The molecule has 1 rings (SSSR count). The number of carbonyl (C=O) groups is 2. The van der Waals surface area contributed by atoms with Crippen LogP contribution in [0.25, 0.3) is 0 Å². The van der Waals surface area contributed by atoms with Crippen molar-refractivity contribution in [3.8, 4) is 5.75 Å². The van der Waals surface area contributed by atoms with Gasteiger partial charge < -0.3 is 14.2 Å². The van der Waals surface area contributed by atoms with E-state index in [1.165, 1.54) is 0 Å². The Balaban J connectivity index is 2.60. The Labute approximate surface area is 153 Å². The summed E-state index contributed by atoms with van der Waals surface area (Å²) in [6.45, 7) is 7.93. The summed E-state index contributed by atoms with van der Waals surface area (Å²) in [5, 5.41) is 0.633. The van der Waals surface area contributed by atoms with E-state index in [1.54, 1.807) is 32.1 Å². The predicted octanol–water partition coefficient (Wildman–Crippen LogP) is 3.97. The minimum Gasteiger partial charge on any atom is -0.493 e. The average molecular weight is 369 g/mol. The molecular formula is C19H25ClO5. The van der Waals surface area contributed by atoms with E-state index in [0.29, 0.717) is 36.6 Å². The third-order valence-electron chi connectivity index (χ3n) is 3.42. The normalized spacial score (nSPS) is 10.4. The lowest BCUT2D eigenvalue weighted by Gasteiger charge is -2.15. The van der Waals surface area contributed by atoms with Gasteiger partial charge >= 0.3 is 11.9 Å². The van der Waals surface area contributed by atoms with Gasteiger partial charge in [0, 0.05) is 5.02 Å². The van der Waals surface area contributed by atoms with Crippen LogP contribution in [-0.2, 0) is 25.5 Å². The molecule has 0 radical (unpaired) electrons. The Morgan fingerprint density at radius 2 is 1.84 bits per heavy atom. The number of benzene rings is 1. The molecule has 0 saturated carbocycles. The summed E-state index contributed by atoms with van der Waals surface area (Å²) >= 11 is 5.99. The first kappa shape index (κ1) is 21.0. The number of esters is 2. The van der Waals surface area contributed by atoms with Crippen molar-refractivity contribution in [1.82, 2.24) is 0 Å². The highest BCUT2D eigenvalue weighted by Crippen LogP contribution is 2.24. The lowest BCUT2D eigenvalue weighted by molar-refractivity contribution is -0.162. The second-order valence-electron chi connectivity index (χ2n) is 5.29. The molecule has 0 fully saturated rings. The third-order valence-corrected chi connectivity index (χ3v) is 3.66. The monoisotopic (exact) mass is 368 g/mol. The fourth-order valence-electron chi connectivity index (χ4n) is 2.29. The van der Waals surface area contributed by atoms with Crippen LogP contribution in [0.1, 0.15) is 32.3 Å². The van der Waals surface area contributed by atoms with Gasteiger partial charge in [0.1, 0.15) is 5.75 Å². The minimum atomic E-state index is -0.915. The van der Waals surface area contributed by atoms with Crippen molar-refractivity contribution in [2.45, 2.75) is 33.1 Å². The molecule has 0 atom stereocenters. The van der Waals surface area contributed by atoms with Crippen LogP contribution in [0.5, 0.6) is 5.75 Å². The standard InChI is InChI=1S/C19H25ClO5/c1-4-8-14-13-15(20)10-11-17(14)25-12-7-9-16(18(21)23-5-2)19(22)24-6-3/h4,10-11,13,16H,1,5-9,12H2,2-3H3. The fourth-order valence-corrected chi connectivity index (χ4v) is 2.49. The van der Waals surface area contributed by atoms with Gasteiger partial charge in [-0.2, -0.15) is 0 Å². The van der Waals surface area contributed by atoms with Crippen LogP contribution in [0.2, 0.25) is 5.02 Å². The number of rotatable bonds is 11. The number of hydrogen-bond donors (Lipinski definition) is 0. The molecule has 0 bridgehead atoms. The molecule has 0 spiro atoms. The second kappa shape index (κ2) is 11.5. The van der Waals surface area contributed by atoms with Gasteiger partial charge in [-0.1, -0.05) is 17.7 Å². The molecule has 0 aromatic heterocycles. The SMILES string of the molecule is C=CCc1cc(Cl)ccc1OCCCC(C(=O)OCC)C(=O)OCC. The quantitative estimate of drug-likeness (QED) is 0.256. The Kier molecular flexibility index (Phi) is 9.70. The first-order valence-corrected chi connectivity index (χ1v) is 8.76. The van der Waals surface area contributed by atoms with Crippen LogP contribution >= 0.6 is 11.6 Å². The van der Waals surface area contributed by atoms with E-state index in [1.807, 2.05) is 6.07 Å². The van der Waals surface area contributed by atoms with Crippen molar-refractivity contribution < 1.29 is 23.8 Å². The second-order valence-corrected chi connectivity index (χ2v) is 5.73. The summed E-state index contributed by atoms with van der Waals surface area (Å²) in [6.07, 6.45) is 3.24. The van der Waals surface area contributed by atoms with E-state index in [9.17, 15) is 9.59 Å². The molecule has 1 aromatic rings. The molecule has 0 heterocycles. The molecule has 0 amide bonds. The number of halogens is 1. The molecule has 0 N–H and O–H groups in total. The fraction of sp³-hybridized carbons (Fsp3) is 0.474. The molecule has 0 aliphatic carbocycles. The lowest BCUT2D eigenvalue weighted by Crippen LogP contribution is -2.28. The molecule has 138 valence electrons. The molecule has 6 heteroatoms. The van der Waals surface area contributed by atoms with Gasteiger partial charge in [0.15, 0.2) is 5.92 Å². The molecule has 25 heavy (non-hydrogen) atoms. The highest BCUT2D eigenvalue weighted by molar-refractivity contribution is 6.30. The van der Waals surface area contributed by atoms with Gasteiger partial charge in [0.05, 0.1) is 19.8 Å². The van der Waals surface area contributed by atoms with Crippen LogP contribution in [0.4, 0.5) is 0 Å². The molecule has 0 saturated heterocycles. The highest BCUT2D eigenvalue weighted by Gasteiger charge is 2.28. The van der Waals surface area contributed by atoms with Crippen LogP contribution in [0.15, 0.2) is 30.9 Å². The first-order valence-electron chi connectivity index (χ1n) is 8.38. The van der Waals surface area contributed by atoms with Crippen molar-refractivity contribution in [2.24, 2.45) is 5.92 Å². The Bertz CT molecular complexity index is 567. The smallest absolute Gasteiger partial charge is 0.320 e. The average Bonchev–Trinajstić information content (AvgIpc) is 2.57. The molecule has 0 unspecified atom stereocenters. The summed E-state index contributed by atoms with van der Waals surface area (Å²) < 4.78 is 15.7. The maximum atomic E-state index is 11.9. The lowest BCUT2D eigenvalue weighted by atomic mass is 10.0. The predicted molar refractivity (Wildman–Crippen MR) is 96.8 cm³/mol. The van der Waals surface area contributed by atoms with Crippen LogP contribution in [-0.4, -0.2) is 31.8 Å². The van der Waals surface area contributed by atoms with E-state index in [2.05, 4.69) is 6.58 Å². The number of allylic oxidation sites excluding steroid dienone is 1. The van der Waals surface area contributed by atoms with E-state index < -0.39 is 17.9 Å². The maximum Gasteiger partial charge on any atom is 0.320 e. The summed E-state index contributed by atoms with van der Waals surface area (Å²) in [4.78, 5) is 23.8. The summed E-state index contributed by atoms with van der Waals surface area (Å²) in [5.41, 5.74) is 0.940. The Hall–Kier alpha value is -2.01. The van der Waals surface area contributed by atoms with E-state index in [4.69, 9.17) is 25.8 Å². The van der Waals surface area contributed by atoms with Gasteiger partial charge in [0.25, 0.3) is 0 Å². The zero-order chi connectivity index (χ0) is 18.7. The van der Waals surface area contributed by atoms with E-state index in [-0.39, 0.29) is 13.2 Å². The zero-order valence-corrected chi connectivity index (χ0v) is 15.5. The van der Waals surface area contributed by atoms with E-state index in [0.717, 1.165) is 5.56 Å². The maximum absolute atomic E-state index is 11.9. The summed E-state index contributed by atoms with van der Waals surface area (Å²) in [5.74, 6) is -1.31. The van der Waals surface area contributed by atoms with Gasteiger partial charge in [-0.05, 0) is 56.9 Å². The van der Waals surface area contributed by atoms with Crippen LogP contribution in [0.3, 0.4) is 0 Å². The molecule has 1 aromatic carbocycles. The van der Waals surface area contributed by atoms with Gasteiger partial charge in [0.2, 0.25) is 0 Å². The Morgan fingerprint density at radius 1 is 1.20 bits per heavy atom. The van der Waals surface area contributed by atoms with Crippen molar-refractivity contribution in [3.63, 3.8) is 0 Å². The summed E-state index contributed by atoms with van der Waals surface area (Å²) in [7, 11) is 0. The van der Waals surface area contributed by atoms with Crippen LogP contribution in [0, 0.1) is 5.92 Å². The van der Waals surface area contributed by atoms with Gasteiger partial charge in [-0.25, -0.2) is 0 Å². The zero-order valence-electron chi connectivity index (χ0n) is 14.8. The van der Waals surface area contributed by atoms with Crippen molar-refractivity contribution in [1.29, 1.82) is 0 Å². The van der Waals surface area contributed by atoms with E-state index >= 15 is 0 Å². The first-order chi connectivity index (χ1) is 12.0. The largest absolute Gasteiger partial charge is 0.493 e.